The zero-order chi connectivity index (χ0) is 18.4. The summed E-state index contributed by atoms with van der Waals surface area (Å²) < 4.78 is 0. The Morgan fingerprint density at radius 2 is 2.04 bits per heavy atom. The van der Waals surface area contributed by atoms with Crippen LogP contribution in [0.4, 0.5) is 10.5 Å². The second-order valence-electron chi connectivity index (χ2n) is 6.67. The summed E-state index contributed by atoms with van der Waals surface area (Å²) in [4.78, 5) is 18.7. The molecule has 0 atom stereocenters. The fourth-order valence-electron chi connectivity index (χ4n) is 2.93. The van der Waals surface area contributed by atoms with E-state index >= 15 is 0 Å². The first-order chi connectivity index (χ1) is 11.9. The number of likely N-dealkylation sites (N-methyl/N-ethyl adjacent to an activating group) is 2. The van der Waals surface area contributed by atoms with Gasteiger partial charge in [0.2, 0.25) is 0 Å². The van der Waals surface area contributed by atoms with E-state index in [0.29, 0.717) is 28.9 Å². The molecule has 1 heterocycles. The van der Waals surface area contributed by atoms with E-state index in [1.54, 1.807) is 30.1 Å². The van der Waals surface area contributed by atoms with Gasteiger partial charge in [-0.15, -0.1) is 0 Å². The van der Waals surface area contributed by atoms with E-state index in [1.165, 1.54) is 12.8 Å². The van der Waals surface area contributed by atoms with Gasteiger partial charge in [-0.3, -0.25) is 0 Å². The number of likely N-dealkylation sites (tertiary alicyclic amines) is 1. The fraction of sp³-hybridized carbons (Fsp3) is 0.556. The first-order valence-corrected chi connectivity index (χ1v) is 8.89. The molecule has 1 aromatic rings. The fourth-order valence-corrected chi connectivity index (χ4v) is 3.15. The molecule has 1 aromatic carbocycles. The van der Waals surface area contributed by atoms with Gasteiger partial charge in [-0.25, -0.2) is 4.79 Å². The number of nitrogens with zero attached hydrogens (tertiary/aromatic N) is 4. The van der Waals surface area contributed by atoms with E-state index in [1.807, 2.05) is 6.07 Å². The van der Waals surface area contributed by atoms with Crippen LogP contribution >= 0.6 is 11.6 Å². The quantitative estimate of drug-likeness (QED) is 0.873. The van der Waals surface area contributed by atoms with Crippen molar-refractivity contribution in [1.82, 2.24) is 14.7 Å². The molecule has 2 amide bonds. The monoisotopic (exact) mass is 363 g/mol. The van der Waals surface area contributed by atoms with Crippen LogP contribution in [-0.2, 0) is 0 Å². The van der Waals surface area contributed by atoms with Crippen molar-refractivity contribution in [3.8, 4) is 6.07 Å². The molecule has 0 saturated carbocycles. The molecule has 1 fully saturated rings. The average molecular weight is 364 g/mol. The van der Waals surface area contributed by atoms with Crippen LogP contribution in [0.3, 0.4) is 0 Å². The minimum Gasteiger partial charge on any atom is -0.326 e. The number of nitriles is 1. The molecule has 25 heavy (non-hydrogen) atoms. The number of urea groups is 1. The van der Waals surface area contributed by atoms with Crippen molar-refractivity contribution >= 4 is 23.3 Å². The van der Waals surface area contributed by atoms with Gasteiger partial charge < -0.3 is 20.0 Å². The van der Waals surface area contributed by atoms with E-state index in [9.17, 15) is 4.79 Å². The van der Waals surface area contributed by atoms with Crippen molar-refractivity contribution in [3.05, 3.63) is 28.8 Å². The van der Waals surface area contributed by atoms with Crippen molar-refractivity contribution in [2.75, 3.05) is 52.6 Å². The van der Waals surface area contributed by atoms with Crippen molar-refractivity contribution < 1.29 is 4.79 Å². The van der Waals surface area contributed by atoms with Crippen LogP contribution in [-0.4, -0.2) is 74.1 Å². The van der Waals surface area contributed by atoms with Gasteiger partial charge in [-0.2, -0.15) is 5.26 Å². The van der Waals surface area contributed by atoms with Gasteiger partial charge in [0.05, 0.1) is 10.6 Å². The van der Waals surface area contributed by atoms with Crippen LogP contribution in [0.25, 0.3) is 0 Å². The maximum Gasteiger partial charge on any atom is 0.321 e. The van der Waals surface area contributed by atoms with E-state index in [0.717, 1.165) is 19.6 Å². The molecule has 0 bridgehead atoms. The van der Waals surface area contributed by atoms with Gasteiger partial charge in [-0.1, -0.05) is 11.6 Å². The molecule has 1 aliphatic rings. The minimum atomic E-state index is -0.183. The third kappa shape index (κ3) is 5.60. The number of amides is 2. The summed E-state index contributed by atoms with van der Waals surface area (Å²) in [5.74, 6) is 0. The third-order valence-electron chi connectivity index (χ3n) is 4.79. The summed E-state index contributed by atoms with van der Waals surface area (Å²) in [6.45, 7) is 3.75. The Kier molecular flexibility index (Phi) is 7.06. The van der Waals surface area contributed by atoms with Crippen molar-refractivity contribution in [1.29, 1.82) is 5.26 Å². The Bertz CT molecular complexity index is 637. The maximum absolute atomic E-state index is 12.3. The van der Waals surface area contributed by atoms with Crippen molar-refractivity contribution in [3.63, 3.8) is 0 Å². The van der Waals surface area contributed by atoms with E-state index < -0.39 is 0 Å². The molecule has 1 saturated heterocycles. The predicted octanol–water partition coefficient (Wildman–Crippen LogP) is 2.70. The number of anilines is 1. The molecule has 1 N–H and O–H groups in total. The number of nitrogens with one attached hydrogen (secondary N) is 1. The number of carbonyl (C=O) groups is 1. The predicted molar refractivity (Wildman–Crippen MR) is 101 cm³/mol. The summed E-state index contributed by atoms with van der Waals surface area (Å²) >= 11 is 5.99. The maximum atomic E-state index is 12.3. The van der Waals surface area contributed by atoms with Gasteiger partial charge in [0.1, 0.15) is 6.07 Å². The highest BCUT2D eigenvalue weighted by Gasteiger charge is 2.21. The van der Waals surface area contributed by atoms with Crippen molar-refractivity contribution in [2.45, 2.75) is 18.9 Å². The van der Waals surface area contributed by atoms with E-state index in [-0.39, 0.29) is 6.03 Å². The zero-order valence-electron chi connectivity index (χ0n) is 15.1. The first kappa shape index (κ1) is 19.5. The Balaban J connectivity index is 1.80. The van der Waals surface area contributed by atoms with Crippen LogP contribution < -0.4 is 5.32 Å². The van der Waals surface area contributed by atoms with Crippen LogP contribution in [0.5, 0.6) is 0 Å². The highest BCUT2D eigenvalue weighted by Crippen LogP contribution is 2.20. The van der Waals surface area contributed by atoms with Gasteiger partial charge >= 0.3 is 6.03 Å². The lowest BCUT2D eigenvalue weighted by Gasteiger charge is -2.35. The molecule has 136 valence electrons. The first-order valence-electron chi connectivity index (χ1n) is 8.51. The smallest absolute Gasteiger partial charge is 0.321 e. The molecule has 1 aliphatic heterocycles. The van der Waals surface area contributed by atoms with E-state index in [2.05, 4.69) is 29.2 Å². The number of benzene rings is 1. The van der Waals surface area contributed by atoms with Crippen LogP contribution in [0, 0.1) is 11.3 Å². The highest BCUT2D eigenvalue weighted by molar-refractivity contribution is 6.32. The Hall–Kier alpha value is -1.81. The number of halogens is 1. The van der Waals surface area contributed by atoms with Gasteiger partial charge in [-0.05, 0) is 58.2 Å². The zero-order valence-corrected chi connectivity index (χ0v) is 15.9. The third-order valence-corrected chi connectivity index (χ3v) is 5.10. The molecule has 0 aromatic heterocycles. The number of hydrogen-bond acceptors (Lipinski definition) is 4. The summed E-state index contributed by atoms with van der Waals surface area (Å²) in [6, 6.07) is 7.28. The summed E-state index contributed by atoms with van der Waals surface area (Å²) in [6.07, 6.45) is 2.35. The average Bonchev–Trinajstić information content (AvgIpc) is 2.60. The topological polar surface area (TPSA) is 62.6 Å². The standard InChI is InChI=1S/C18H26ClN5O/c1-22-8-6-16(7-9-22)23(2)10-11-24(3)18(25)21-15-5-4-14(13-20)17(19)12-15/h4-5,12,16H,6-11H2,1-3H3,(H,21,25). The molecule has 0 spiro atoms. The van der Waals surface area contributed by atoms with Crippen LogP contribution in [0.2, 0.25) is 5.02 Å². The Labute approximate surface area is 154 Å². The highest BCUT2D eigenvalue weighted by atomic mass is 35.5. The summed E-state index contributed by atoms with van der Waals surface area (Å²) in [5.41, 5.74) is 0.984. The molecule has 7 heteroatoms. The number of rotatable bonds is 5. The van der Waals surface area contributed by atoms with Crippen molar-refractivity contribution in [2.24, 2.45) is 0 Å². The van der Waals surface area contributed by atoms with Crippen LogP contribution in [0.15, 0.2) is 18.2 Å². The lowest BCUT2D eigenvalue weighted by molar-refractivity contribution is 0.136. The molecule has 6 nitrogen and oxygen atoms in total. The second kappa shape index (κ2) is 9.04. The second-order valence-corrected chi connectivity index (χ2v) is 7.08. The van der Waals surface area contributed by atoms with Crippen LogP contribution in [0.1, 0.15) is 18.4 Å². The summed E-state index contributed by atoms with van der Waals surface area (Å²) in [7, 11) is 6.06. The number of carbonyl (C=O) groups excluding carboxylic acids is 1. The molecule has 0 aliphatic carbocycles. The Morgan fingerprint density at radius 1 is 1.36 bits per heavy atom. The molecule has 2 rings (SSSR count). The van der Waals surface area contributed by atoms with Gasteiger partial charge in [0.25, 0.3) is 0 Å². The lowest BCUT2D eigenvalue weighted by Crippen LogP contribution is -2.45. The summed E-state index contributed by atoms with van der Waals surface area (Å²) in [5, 5.41) is 12.0. The SMILES string of the molecule is CN1CCC(N(C)CCN(C)C(=O)Nc2ccc(C#N)c(Cl)c2)CC1. The number of piperidine rings is 1. The number of hydrogen-bond donors (Lipinski definition) is 1. The van der Waals surface area contributed by atoms with E-state index in [4.69, 9.17) is 16.9 Å². The van der Waals surface area contributed by atoms with Gasteiger partial charge in [0, 0.05) is 31.9 Å². The molecular formula is C18H26ClN5O. The molecule has 0 radical (unpaired) electrons. The minimum absolute atomic E-state index is 0.183. The normalized spacial score (nSPS) is 15.8. The lowest BCUT2D eigenvalue weighted by atomic mass is 10.0. The van der Waals surface area contributed by atoms with Gasteiger partial charge in [0.15, 0.2) is 0 Å². The Morgan fingerprint density at radius 3 is 2.64 bits per heavy atom. The molecule has 0 unspecified atom stereocenters. The molecular weight excluding hydrogens is 338 g/mol. The largest absolute Gasteiger partial charge is 0.326 e.